The first kappa shape index (κ1) is 17.4. The van der Waals surface area contributed by atoms with Gasteiger partial charge in [-0.1, -0.05) is 27.2 Å². The Kier molecular flexibility index (Phi) is 6.45. The van der Waals surface area contributed by atoms with Gasteiger partial charge in [-0.25, -0.2) is 8.42 Å². The molecule has 1 saturated heterocycles. The fourth-order valence-corrected chi connectivity index (χ4v) is 4.48. The maximum Gasteiger partial charge on any atom is 0.304 e. The summed E-state index contributed by atoms with van der Waals surface area (Å²) in [6.45, 7) is 6.89. The van der Waals surface area contributed by atoms with E-state index in [9.17, 15) is 13.2 Å². The third-order valence-corrected chi connectivity index (χ3v) is 5.99. The predicted octanol–water partition coefficient (Wildman–Crippen LogP) is 1.77. The lowest BCUT2D eigenvalue weighted by atomic mass is 9.95. The van der Waals surface area contributed by atoms with Crippen LogP contribution in [0.25, 0.3) is 0 Å². The Hall–Kier alpha value is -0.620. The number of carbonyl (C=O) groups is 1. The van der Waals surface area contributed by atoms with Crippen molar-refractivity contribution >= 4 is 15.8 Å². The van der Waals surface area contributed by atoms with E-state index in [4.69, 9.17) is 5.11 Å². The second kappa shape index (κ2) is 7.41. The van der Waals surface area contributed by atoms with Crippen LogP contribution in [0.3, 0.4) is 0 Å². The third kappa shape index (κ3) is 5.05. The van der Waals surface area contributed by atoms with E-state index in [0.717, 1.165) is 19.3 Å². The number of nitrogens with zero attached hydrogens (tertiary/aromatic N) is 1. The molecule has 1 N–H and O–H groups in total. The number of sulfone groups is 1. The maximum absolute atomic E-state index is 11.8. The van der Waals surface area contributed by atoms with Gasteiger partial charge in [0.25, 0.3) is 0 Å². The number of carboxylic acid groups (broad SMARTS) is 1. The number of rotatable bonds is 7. The molecule has 1 rings (SSSR count). The zero-order chi connectivity index (χ0) is 15.3. The van der Waals surface area contributed by atoms with Gasteiger partial charge < -0.3 is 5.11 Å². The molecule has 6 heteroatoms. The largest absolute Gasteiger partial charge is 0.481 e. The van der Waals surface area contributed by atoms with Crippen molar-refractivity contribution in [1.82, 2.24) is 4.90 Å². The Bertz CT molecular complexity index is 421. The van der Waals surface area contributed by atoms with Gasteiger partial charge >= 0.3 is 5.97 Å². The molecule has 0 aromatic heterocycles. The summed E-state index contributed by atoms with van der Waals surface area (Å²) < 4.78 is 23.5. The van der Waals surface area contributed by atoms with Crippen LogP contribution >= 0.6 is 0 Å². The predicted molar refractivity (Wildman–Crippen MR) is 79.6 cm³/mol. The van der Waals surface area contributed by atoms with Crippen LogP contribution in [0.1, 0.15) is 46.5 Å². The molecular formula is C14H27NO4S. The van der Waals surface area contributed by atoms with Gasteiger partial charge in [0.1, 0.15) is 0 Å². The molecule has 1 fully saturated rings. The maximum atomic E-state index is 11.8. The van der Waals surface area contributed by atoms with Crippen molar-refractivity contribution in [1.29, 1.82) is 0 Å². The Balaban J connectivity index is 2.84. The second-order valence-corrected chi connectivity index (χ2v) is 8.14. The molecule has 0 spiro atoms. The Morgan fingerprint density at radius 3 is 2.50 bits per heavy atom. The average molecular weight is 305 g/mol. The average Bonchev–Trinajstić information content (AvgIpc) is 2.34. The minimum absolute atomic E-state index is 0.0176. The summed E-state index contributed by atoms with van der Waals surface area (Å²) in [4.78, 5) is 13.1. The summed E-state index contributed by atoms with van der Waals surface area (Å²) in [6, 6.07) is -0.0925. The van der Waals surface area contributed by atoms with Crippen LogP contribution in [-0.2, 0) is 14.6 Å². The summed E-state index contributed by atoms with van der Waals surface area (Å²) in [6.07, 6.45) is 2.94. The fraction of sp³-hybridized carbons (Fsp3) is 0.929. The van der Waals surface area contributed by atoms with Crippen molar-refractivity contribution in [2.45, 2.75) is 58.5 Å². The van der Waals surface area contributed by atoms with Gasteiger partial charge in [-0.3, -0.25) is 9.69 Å². The summed E-state index contributed by atoms with van der Waals surface area (Å²) in [7, 11) is -3.09. The van der Waals surface area contributed by atoms with E-state index in [-0.39, 0.29) is 30.0 Å². The van der Waals surface area contributed by atoms with E-state index in [2.05, 4.69) is 25.7 Å². The highest BCUT2D eigenvalue weighted by Crippen LogP contribution is 2.24. The first-order valence-corrected chi connectivity index (χ1v) is 9.29. The standard InChI is InChI=1S/C14H27NO4S/c1-4-11(3)8-12(5-2)15-6-7-20(18,19)10-13(15)9-14(16)17/h11-13H,4-10H2,1-3H3,(H,16,17). The molecular weight excluding hydrogens is 278 g/mol. The highest BCUT2D eigenvalue weighted by atomic mass is 32.2. The Labute approximate surface area is 122 Å². The minimum Gasteiger partial charge on any atom is -0.481 e. The lowest BCUT2D eigenvalue weighted by molar-refractivity contribution is -0.138. The molecule has 0 saturated carbocycles. The van der Waals surface area contributed by atoms with Crippen molar-refractivity contribution in [3.05, 3.63) is 0 Å². The molecule has 5 nitrogen and oxygen atoms in total. The van der Waals surface area contributed by atoms with Gasteiger partial charge in [0.2, 0.25) is 0 Å². The molecule has 0 aromatic rings. The lowest BCUT2D eigenvalue weighted by Gasteiger charge is -2.41. The van der Waals surface area contributed by atoms with Gasteiger partial charge in [0, 0.05) is 18.6 Å². The summed E-state index contributed by atoms with van der Waals surface area (Å²) in [5.41, 5.74) is 0. The highest BCUT2D eigenvalue weighted by molar-refractivity contribution is 7.91. The highest BCUT2D eigenvalue weighted by Gasteiger charge is 2.36. The number of carboxylic acids is 1. The molecule has 0 aromatic carbocycles. The van der Waals surface area contributed by atoms with Crippen LogP contribution < -0.4 is 0 Å². The van der Waals surface area contributed by atoms with Crippen molar-refractivity contribution in [3.63, 3.8) is 0 Å². The van der Waals surface area contributed by atoms with E-state index in [1.54, 1.807) is 0 Å². The van der Waals surface area contributed by atoms with E-state index in [1.165, 1.54) is 0 Å². The molecule has 20 heavy (non-hydrogen) atoms. The van der Waals surface area contributed by atoms with Gasteiger partial charge in [-0.2, -0.15) is 0 Å². The van der Waals surface area contributed by atoms with E-state index in [0.29, 0.717) is 12.5 Å². The molecule has 3 unspecified atom stereocenters. The smallest absolute Gasteiger partial charge is 0.304 e. The summed E-state index contributed by atoms with van der Waals surface area (Å²) >= 11 is 0. The minimum atomic E-state index is -3.09. The van der Waals surface area contributed by atoms with Crippen molar-refractivity contribution in [2.75, 3.05) is 18.1 Å². The first-order chi connectivity index (χ1) is 9.29. The lowest BCUT2D eigenvalue weighted by Crippen LogP contribution is -2.53. The van der Waals surface area contributed by atoms with E-state index in [1.807, 2.05) is 0 Å². The van der Waals surface area contributed by atoms with Crippen LogP contribution in [0.5, 0.6) is 0 Å². The van der Waals surface area contributed by atoms with Gasteiger partial charge in [-0.05, 0) is 18.8 Å². The number of hydrogen-bond donors (Lipinski definition) is 1. The van der Waals surface area contributed by atoms with Crippen molar-refractivity contribution in [2.24, 2.45) is 5.92 Å². The zero-order valence-corrected chi connectivity index (χ0v) is 13.5. The quantitative estimate of drug-likeness (QED) is 0.776. The molecule has 1 aliphatic rings. The Morgan fingerprint density at radius 2 is 2.00 bits per heavy atom. The van der Waals surface area contributed by atoms with Crippen LogP contribution in [0.2, 0.25) is 0 Å². The Morgan fingerprint density at radius 1 is 1.35 bits per heavy atom. The summed E-state index contributed by atoms with van der Waals surface area (Å²) in [5.74, 6) is -0.212. The molecule has 1 heterocycles. The van der Waals surface area contributed by atoms with Crippen molar-refractivity contribution in [3.8, 4) is 0 Å². The van der Waals surface area contributed by atoms with Crippen LogP contribution in [-0.4, -0.2) is 54.5 Å². The van der Waals surface area contributed by atoms with Gasteiger partial charge in [-0.15, -0.1) is 0 Å². The number of aliphatic carboxylic acids is 1. The molecule has 0 amide bonds. The van der Waals surface area contributed by atoms with Crippen LogP contribution in [0.4, 0.5) is 0 Å². The topological polar surface area (TPSA) is 74.7 Å². The third-order valence-electron chi connectivity index (χ3n) is 4.30. The molecule has 0 bridgehead atoms. The van der Waals surface area contributed by atoms with E-state index >= 15 is 0 Å². The molecule has 0 radical (unpaired) electrons. The van der Waals surface area contributed by atoms with Gasteiger partial charge in [0.05, 0.1) is 17.9 Å². The van der Waals surface area contributed by atoms with Crippen LogP contribution in [0.15, 0.2) is 0 Å². The van der Waals surface area contributed by atoms with Crippen LogP contribution in [0, 0.1) is 5.92 Å². The first-order valence-electron chi connectivity index (χ1n) is 7.47. The SMILES string of the molecule is CCC(C)CC(CC)N1CCS(=O)(=O)CC1CC(=O)O. The van der Waals surface area contributed by atoms with Gasteiger partial charge in [0.15, 0.2) is 9.84 Å². The zero-order valence-electron chi connectivity index (χ0n) is 12.7. The normalized spacial score (nSPS) is 26.1. The molecule has 118 valence electrons. The molecule has 1 aliphatic heterocycles. The fourth-order valence-electron chi connectivity index (χ4n) is 2.93. The van der Waals surface area contributed by atoms with E-state index < -0.39 is 15.8 Å². The molecule has 3 atom stereocenters. The molecule has 0 aliphatic carbocycles. The second-order valence-electron chi connectivity index (χ2n) is 5.92. The monoisotopic (exact) mass is 305 g/mol. The van der Waals surface area contributed by atoms with Crippen molar-refractivity contribution < 1.29 is 18.3 Å². The summed E-state index contributed by atoms with van der Waals surface area (Å²) in [5, 5.41) is 9.01. The number of hydrogen-bond acceptors (Lipinski definition) is 4.